The fourth-order valence-corrected chi connectivity index (χ4v) is 3.28. The Morgan fingerprint density at radius 3 is 2.62 bits per heavy atom. The van der Waals surface area contributed by atoms with Crippen molar-refractivity contribution < 1.29 is 19.1 Å². The van der Waals surface area contributed by atoms with Crippen molar-refractivity contribution in [3.05, 3.63) is 28.8 Å². The molecule has 1 fully saturated rings. The molecule has 0 bridgehead atoms. The van der Waals surface area contributed by atoms with Gasteiger partial charge in [0.25, 0.3) is 5.91 Å². The summed E-state index contributed by atoms with van der Waals surface area (Å²) in [7, 11) is 1.36. The third kappa shape index (κ3) is 4.06. The van der Waals surface area contributed by atoms with Gasteiger partial charge < -0.3 is 19.3 Å². The number of nitriles is 1. The Hall–Kier alpha value is -2.53. The van der Waals surface area contributed by atoms with E-state index in [2.05, 4.69) is 4.90 Å². The first kappa shape index (κ1) is 17.8. The molecule has 0 unspecified atom stereocenters. The number of piperazine rings is 1. The van der Waals surface area contributed by atoms with E-state index in [1.165, 1.54) is 24.7 Å². The molecular formula is C16H19N3O4S. The maximum atomic E-state index is 12.3. The second-order valence-electron chi connectivity index (χ2n) is 5.01. The molecule has 0 saturated carbocycles. The van der Waals surface area contributed by atoms with Crippen LogP contribution in [0.4, 0.5) is 5.00 Å². The van der Waals surface area contributed by atoms with Crippen LogP contribution < -0.4 is 4.90 Å². The Morgan fingerprint density at radius 2 is 2.04 bits per heavy atom. The normalized spacial score (nSPS) is 15.0. The molecule has 2 heterocycles. The average molecular weight is 349 g/mol. The summed E-state index contributed by atoms with van der Waals surface area (Å²) in [6.07, 6.45) is 1.22. The highest BCUT2D eigenvalue weighted by Crippen LogP contribution is 2.27. The second kappa shape index (κ2) is 8.36. The first-order valence-corrected chi connectivity index (χ1v) is 8.36. The zero-order chi connectivity index (χ0) is 17.5. The summed E-state index contributed by atoms with van der Waals surface area (Å²) in [4.78, 5) is 28.1. The van der Waals surface area contributed by atoms with Crippen LogP contribution in [0.25, 0.3) is 0 Å². The van der Waals surface area contributed by atoms with Gasteiger partial charge in [0.15, 0.2) is 5.57 Å². The van der Waals surface area contributed by atoms with Crippen LogP contribution in [0, 0.1) is 11.3 Å². The average Bonchev–Trinajstić information content (AvgIpc) is 3.11. The molecule has 0 aromatic carbocycles. The number of carbonyl (C=O) groups excluding carboxylic acids is 2. The van der Waals surface area contributed by atoms with Gasteiger partial charge in [-0.15, -0.1) is 11.3 Å². The zero-order valence-electron chi connectivity index (χ0n) is 13.7. The minimum Gasteiger partial charge on any atom is -0.500 e. The summed E-state index contributed by atoms with van der Waals surface area (Å²) in [6, 6.07) is 5.50. The van der Waals surface area contributed by atoms with Gasteiger partial charge in [0.2, 0.25) is 0 Å². The standard InChI is InChI=1S/C16H19N3O4S/c1-3-23-11-12(10-17)15(20)19-8-6-18(7-9-19)14-5-4-13(24-14)16(21)22-2/h4-5,11H,3,6-9H2,1-2H3. The van der Waals surface area contributed by atoms with Crippen molar-refractivity contribution in [3.8, 4) is 6.07 Å². The Bertz CT molecular complexity index is 669. The molecule has 0 N–H and O–H groups in total. The van der Waals surface area contributed by atoms with Crippen LogP contribution in [-0.2, 0) is 14.3 Å². The second-order valence-corrected chi connectivity index (χ2v) is 6.07. The van der Waals surface area contributed by atoms with Gasteiger partial charge in [0, 0.05) is 26.2 Å². The highest BCUT2D eigenvalue weighted by Gasteiger charge is 2.25. The molecule has 2 rings (SSSR count). The number of rotatable bonds is 5. The van der Waals surface area contributed by atoms with Crippen molar-refractivity contribution in [3.63, 3.8) is 0 Å². The molecular weight excluding hydrogens is 330 g/mol. The van der Waals surface area contributed by atoms with Crippen LogP contribution in [0.15, 0.2) is 24.0 Å². The molecule has 128 valence electrons. The van der Waals surface area contributed by atoms with Gasteiger partial charge in [0.1, 0.15) is 17.2 Å². The van der Waals surface area contributed by atoms with Gasteiger partial charge in [-0.3, -0.25) is 4.79 Å². The SMILES string of the molecule is CCOC=C(C#N)C(=O)N1CCN(c2ccc(C(=O)OC)s2)CC1. The predicted octanol–water partition coefficient (Wildman–Crippen LogP) is 1.63. The number of anilines is 1. The lowest BCUT2D eigenvalue weighted by atomic mass is 10.2. The predicted molar refractivity (Wildman–Crippen MR) is 89.8 cm³/mol. The number of methoxy groups -OCH3 is 1. The Morgan fingerprint density at radius 1 is 1.33 bits per heavy atom. The fraction of sp³-hybridized carbons (Fsp3) is 0.438. The Balaban J connectivity index is 1.96. The van der Waals surface area contributed by atoms with E-state index in [1.54, 1.807) is 17.9 Å². The van der Waals surface area contributed by atoms with Crippen LogP contribution >= 0.6 is 11.3 Å². The van der Waals surface area contributed by atoms with Crippen LogP contribution in [0.5, 0.6) is 0 Å². The first-order valence-electron chi connectivity index (χ1n) is 7.55. The molecule has 1 amide bonds. The van der Waals surface area contributed by atoms with Crippen LogP contribution in [-0.4, -0.2) is 56.7 Å². The smallest absolute Gasteiger partial charge is 0.348 e. The summed E-state index contributed by atoms with van der Waals surface area (Å²) >= 11 is 1.37. The van der Waals surface area contributed by atoms with E-state index in [4.69, 9.17) is 14.7 Å². The summed E-state index contributed by atoms with van der Waals surface area (Å²) in [5, 5.41) is 10.0. The lowest BCUT2D eigenvalue weighted by Crippen LogP contribution is -2.49. The number of esters is 1. The number of hydrogen-bond donors (Lipinski definition) is 0. The number of amides is 1. The highest BCUT2D eigenvalue weighted by molar-refractivity contribution is 7.17. The van der Waals surface area contributed by atoms with Gasteiger partial charge in [-0.05, 0) is 19.1 Å². The molecule has 0 aliphatic carbocycles. The Labute approximate surface area is 144 Å². The zero-order valence-corrected chi connectivity index (χ0v) is 14.5. The molecule has 0 atom stereocenters. The largest absolute Gasteiger partial charge is 0.500 e. The van der Waals surface area contributed by atoms with Crippen molar-refractivity contribution in [1.82, 2.24) is 4.90 Å². The summed E-state index contributed by atoms with van der Waals surface area (Å²) in [5.74, 6) is -0.660. The summed E-state index contributed by atoms with van der Waals surface area (Å²) in [5.41, 5.74) is 0.00870. The monoisotopic (exact) mass is 349 g/mol. The number of hydrogen-bond acceptors (Lipinski definition) is 7. The molecule has 8 heteroatoms. The van der Waals surface area contributed by atoms with E-state index in [-0.39, 0.29) is 17.4 Å². The lowest BCUT2D eigenvalue weighted by Gasteiger charge is -2.35. The maximum Gasteiger partial charge on any atom is 0.348 e. The van der Waals surface area contributed by atoms with Gasteiger partial charge >= 0.3 is 5.97 Å². The van der Waals surface area contributed by atoms with E-state index in [1.807, 2.05) is 12.1 Å². The van der Waals surface area contributed by atoms with Gasteiger partial charge in [-0.25, -0.2) is 4.79 Å². The molecule has 0 spiro atoms. The van der Waals surface area contributed by atoms with E-state index in [9.17, 15) is 9.59 Å². The van der Waals surface area contributed by atoms with Crippen molar-refractivity contribution in [2.75, 3.05) is 44.8 Å². The maximum absolute atomic E-state index is 12.3. The van der Waals surface area contributed by atoms with E-state index < -0.39 is 0 Å². The van der Waals surface area contributed by atoms with Crippen molar-refractivity contribution >= 4 is 28.2 Å². The van der Waals surface area contributed by atoms with Gasteiger partial charge in [0.05, 0.1) is 18.7 Å². The van der Waals surface area contributed by atoms with E-state index in [0.29, 0.717) is 37.7 Å². The van der Waals surface area contributed by atoms with E-state index in [0.717, 1.165) is 5.00 Å². The molecule has 1 aromatic heterocycles. The third-order valence-electron chi connectivity index (χ3n) is 3.58. The van der Waals surface area contributed by atoms with E-state index >= 15 is 0 Å². The summed E-state index contributed by atoms with van der Waals surface area (Å²) < 4.78 is 9.75. The summed E-state index contributed by atoms with van der Waals surface area (Å²) in [6.45, 7) is 4.50. The number of ether oxygens (including phenoxy) is 2. The quantitative estimate of drug-likeness (QED) is 0.348. The molecule has 1 aliphatic heterocycles. The fourth-order valence-electron chi connectivity index (χ4n) is 2.30. The highest BCUT2D eigenvalue weighted by atomic mass is 32.1. The lowest BCUT2D eigenvalue weighted by molar-refractivity contribution is -0.127. The van der Waals surface area contributed by atoms with Crippen molar-refractivity contribution in [1.29, 1.82) is 5.26 Å². The minimum absolute atomic E-state index is 0.00870. The first-order chi connectivity index (χ1) is 11.6. The number of nitrogens with zero attached hydrogens (tertiary/aromatic N) is 3. The number of thiophene rings is 1. The van der Waals surface area contributed by atoms with Gasteiger partial charge in [-0.1, -0.05) is 0 Å². The van der Waals surface area contributed by atoms with Crippen molar-refractivity contribution in [2.45, 2.75) is 6.92 Å². The van der Waals surface area contributed by atoms with Crippen LogP contribution in [0.3, 0.4) is 0 Å². The molecule has 1 saturated heterocycles. The topological polar surface area (TPSA) is 82.9 Å². The van der Waals surface area contributed by atoms with Crippen LogP contribution in [0.2, 0.25) is 0 Å². The number of carbonyl (C=O) groups is 2. The van der Waals surface area contributed by atoms with Crippen LogP contribution in [0.1, 0.15) is 16.6 Å². The molecule has 1 aromatic rings. The molecule has 0 radical (unpaired) electrons. The third-order valence-corrected chi connectivity index (χ3v) is 4.70. The molecule has 1 aliphatic rings. The van der Waals surface area contributed by atoms with Crippen molar-refractivity contribution in [2.24, 2.45) is 0 Å². The minimum atomic E-state index is -0.347. The molecule has 7 nitrogen and oxygen atoms in total. The molecule has 24 heavy (non-hydrogen) atoms. The Kier molecular flexibility index (Phi) is 6.21. The van der Waals surface area contributed by atoms with Gasteiger partial charge in [-0.2, -0.15) is 5.26 Å².